The predicted molar refractivity (Wildman–Crippen MR) is 139 cm³/mol. The van der Waals surface area contributed by atoms with Crippen molar-refractivity contribution in [2.45, 2.75) is 57.7 Å². The van der Waals surface area contributed by atoms with Gasteiger partial charge in [-0.15, -0.1) is 0 Å². The Bertz CT molecular complexity index is 1200. The summed E-state index contributed by atoms with van der Waals surface area (Å²) in [5.74, 6) is -1.37. The molecule has 13 heteroatoms. The van der Waals surface area contributed by atoms with Crippen molar-refractivity contribution in [3.8, 4) is 5.75 Å². The number of halogens is 6. The monoisotopic (exact) mass is 589 g/mol. The van der Waals surface area contributed by atoms with Gasteiger partial charge in [0.25, 0.3) is 5.91 Å². The van der Waals surface area contributed by atoms with E-state index in [4.69, 9.17) is 4.74 Å². The number of hydrogen-bond acceptors (Lipinski definition) is 5. The Morgan fingerprint density at radius 2 is 1.80 bits per heavy atom. The molecule has 2 N–H and O–H groups in total. The van der Waals surface area contributed by atoms with Gasteiger partial charge in [-0.3, -0.25) is 14.5 Å². The molecule has 2 aromatic rings. The normalized spacial score (nSPS) is 18.8. The summed E-state index contributed by atoms with van der Waals surface area (Å²) in [5, 5.41) is 12.2. The standard InChI is InChI=1S/C28H33F6N3O4/c1-17-13-37(18(2)16-38)26(40)22-12-21(35-25(39)10-11-27(29,30)31)8-9-23(22)41-24(17)15-36(3)14-19-4-6-20(7-5-19)28(32,33)34/h4-9,12,17-18,24,38H,10-11,13-16H2,1-3H3,(H,35,39)/t17-,18-,24-/m1/s1. The van der Waals surface area contributed by atoms with Gasteiger partial charge < -0.3 is 20.1 Å². The fraction of sp³-hybridized carbons (Fsp3) is 0.500. The van der Waals surface area contributed by atoms with E-state index in [9.17, 15) is 41.0 Å². The van der Waals surface area contributed by atoms with Gasteiger partial charge in [-0.1, -0.05) is 19.1 Å². The number of rotatable bonds is 9. The molecule has 0 fully saturated rings. The molecule has 0 aromatic heterocycles. The Kier molecular flexibility index (Phi) is 10.3. The first-order chi connectivity index (χ1) is 19.1. The minimum absolute atomic E-state index is 0.0706. The number of nitrogens with one attached hydrogen (secondary N) is 1. The molecule has 2 amide bonds. The van der Waals surface area contributed by atoms with Crippen LogP contribution in [0.25, 0.3) is 0 Å². The van der Waals surface area contributed by atoms with Crippen molar-refractivity contribution in [3.05, 3.63) is 59.2 Å². The molecular weight excluding hydrogens is 556 g/mol. The van der Waals surface area contributed by atoms with E-state index >= 15 is 0 Å². The number of anilines is 1. The highest BCUT2D eigenvalue weighted by Crippen LogP contribution is 2.32. The van der Waals surface area contributed by atoms with Crippen LogP contribution in [0.2, 0.25) is 0 Å². The van der Waals surface area contributed by atoms with Gasteiger partial charge in [0.2, 0.25) is 5.91 Å². The predicted octanol–water partition coefficient (Wildman–Crippen LogP) is 5.34. The fourth-order valence-electron chi connectivity index (χ4n) is 4.48. The fourth-order valence-corrected chi connectivity index (χ4v) is 4.48. The minimum atomic E-state index is -4.49. The largest absolute Gasteiger partial charge is 0.488 e. The van der Waals surface area contributed by atoms with Crippen LogP contribution in [-0.4, -0.2) is 71.8 Å². The zero-order valence-corrected chi connectivity index (χ0v) is 22.9. The number of ether oxygens (including phenoxy) is 1. The second-order valence-corrected chi connectivity index (χ2v) is 10.4. The lowest BCUT2D eigenvalue weighted by Gasteiger charge is -2.38. The van der Waals surface area contributed by atoms with Gasteiger partial charge >= 0.3 is 12.4 Å². The number of amides is 2. The average Bonchev–Trinajstić information content (AvgIpc) is 2.88. The zero-order chi connectivity index (χ0) is 30.5. The highest BCUT2D eigenvalue weighted by molar-refractivity contribution is 5.99. The highest BCUT2D eigenvalue weighted by atomic mass is 19.4. The molecule has 41 heavy (non-hydrogen) atoms. The molecule has 0 unspecified atom stereocenters. The number of aliphatic hydroxyl groups is 1. The van der Waals surface area contributed by atoms with Crippen molar-refractivity contribution < 1.29 is 45.8 Å². The highest BCUT2D eigenvalue weighted by Gasteiger charge is 2.34. The number of likely N-dealkylation sites (N-methyl/N-ethyl adjacent to an activating group) is 1. The topological polar surface area (TPSA) is 82.1 Å². The lowest BCUT2D eigenvalue weighted by molar-refractivity contribution is -0.142. The van der Waals surface area contributed by atoms with Crippen LogP contribution < -0.4 is 10.1 Å². The molecule has 0 saturated carbocycles. The molecule has 0 spiro atoms. The van der Waals surface area contributed by atoms with E-state index in [1.165, 1.54) is 35.2 Å². The van der Waals surface area contributed by atoms with Crippen LogP contribution in [0.15, 0.2) is 42.5 Å². The van der Waals surface area contributed by atoms with Crippen molar-refractivity contribution in [1.82, 2.24) is 9.80 Å². The number of nitrogens with zero attached hydrogens (tertiary/aromatic N) is 2. The maximum absolute atomic E-state index is 13.5. The maximum Gasteiger partial charge on any atom is 0.416 e. The van der Waals surface area contributed by atoms with E-state index in [2.05, 4.69) is 5.32 Å². The van der Waals surface area contributed by atoms with Crippen molar-refractivity contribution in [1.29, 1.82) is 0 Å². The van der Waals surface area contributed by atoms with Crippen LogP contribution in [0.5, 0.6) is 5.75 Å². The first-order valence-electron chi connectivity index (χ1n) is 13.0. The smallest absolute Gasteiger partial charge is 0.416 e. The van der Waals surface area contributed by atoms with Gasteiger partial charge in [0.15, 0.2) is 0 Å². The average molecular weight is 590 g/mol. The summed E-state index contributed by atoms with van der Waals surface area (Å²) >= 11 is 0. The molecular formula is C28H33F6N3O4. The number of carbonyl (C=O) groups excluding carboxylic acids is 2. The van der Waals surface area contributed by atoms with Crippen molar-refractivity contribution in [3.63, 3.8) is 0 Å². The summed E-state index contributed by atoms with van der Waals surface area (Å²) in [6, 6.07) is 8.50. The number of hydrogen-bond donors (Lipinski definition) is 2. The van der Waals surface area contributed by atoms with Gasteiger partial charge in [0.1, 0.15) is 11.9 Å². The molecule has 1 aliphatic rings. The summed E-state index contributed by atoms with van der Waals surface area (Å²) in [6.07, 6.45) is -11.5. The summed E-state index contributed by atoms with van der Waals surface area (Å²) in [7, 11) is 1.78. The molecule has 7 nitrogen and oxygen atoms in total. The van der Waals surface area contributed by atoms with Gasteiger partial charge in [0.05, 0.1) is 30.2 Å². The Morgan fingerprint density at radius 1 is 1.15 bits per heavy atom. The first kappa shape index (κ1) is 32.2. The molecule has 1 heterocycles. The van der Waals surface area contributed by atoms with Crippen LogP contribution in [0, 0.1) is 5.92 Å². The molecule has 3 rings (SSSR count). The van der Waals surface area contributed by atoms with E-state index in [1.807, 2.05) is 11.8 Å². The first-order valence-corrected chi connectivity index (χ1v) is 13.0. The van der Waals surface area contributed by atoms with Crippen molar-refractivity contribution in [2.75, 3.05) is 32.1 Å². The third kappa shape index (κ3) is 9.09. The molecule has 226 valence electrons. The van der Waals surface area contributed by atoms with Crippen LogP contribution in [0.1, 0.15) is 48.2 Å². The number of benzene rings is 2. The Morgan fingerprint density at radius 3 is 2.39 bits per heavy atom. The van der Waals surface area contributed by atoms with Crippen LogP contribution in [0.3, 0.4) is 0 Å². The molecule has 0 saturated heterocycles. The summed E-state index contributed by atoms with van der Waals surface area (Å²) in [4.78, 5) is 28.9. The number of fused-ring (bicyclic) bond motifs is 1. The third-order valence-corrected chi connectivity index (χ3v) is 6.81. The van der Waals surface area contributed by atoms with Gasteiger partial charge in [-0.2, -0.15) is 26.3 Å². The molecule has 0 aliphatic carbocycles. The van der Waals surface area contributed by atoms with Gasteiger partial charge in [-0.05, 0) is 49.9 Å². The van der Waals surface area contributed by atoms with E-state index in [0.717, 1.165) is 12.1 Å². The second kappa shape index (κ2) is 13.1. The van der Waals surface area contributed by atoms with Crippen molar-refractivity contribution in [2.24, 2.45) is 5.92 Å². The Hall–Kier alpha value is -3.32. The lowest BCUT2D eigenvalue weighted by atomic mass is 9.99. The van der Waals surface area contributed by atoms with E-state index in [-0.39, 0.29) is 36.1 Å². The second-order valence-electron chi connectivity index (χ2n) is 10.4. The summed E-state index contributed by atoms with van der Waals surface area (Å²) in [5.41, 5.74) is 0.113. The Labute approximate surface area is 234 Å². The summed E-state index contributed by atoms with van der Waals surface area (Å²) < 4.78 is 82.4. The number of alkyl halides is 6. The number of carbonyl (C=O) groups is 2. The molecule has 1 aliphatic heterocycles. The maximum atomic E-state index is 13.5. The van der Waals surface area contributed by atoms with Crippen LogP contribution in [0.4, 0.5) is 32.0 Å². The van der Waals surface area contributed by atoms with E-state index < -0.39 is 54.7 Å². The lowest BCUT2D eigenvalue weighted by Crippen LogP contribution is -2.49. The molecule has 3 atom stereocenters. The van der Waals surface area contributed by atoms with Crippen LogP contribution >= 0.6 is 0 Å². The zero-order valence-electron chi connectivity index (χ0n) is 22.9. The van der Waals surface area contributed by atoms with Crippen LogP contribution in [-0.2, 0) is 17.5 Å². The van der Waals surface area contributed by atoms with Crippen molar-refractivity contribution >= 4 is 17.5 Å². The van der Waals surface area contributed by atoms with Gasteiger partial charge in [0, 0.05) is 37.7 Å². The van der Waals surface area contributed by atoms with Gasteiger partial charge in [-0.25, -0.2) is 0 Å². The molecule has 2 aromatic carbocycles. The SMILES string of the molecule is C[C@@H]1CN([C@H](C)CO)C(=O)c2cc(NC(=O)CCC(F)(F)F)ccc2O[C@@H]1CN(C)Cc1ccc(C(F)(F)F)cc1. The number of aliphatic hydroxyl groups excluding tert-OH is 1. The quantitative estimate of drug-likeness (QED) is 0.386. The summed E-state index contributed by atoms with van der Waals surface area (Å²) in [6.45, 7) is 4.10. The molecule has 0 radical (unpaired) electrons. The minimum Gasteiger partial charge on any atom is -0.488 e. The third-order valence-electron chi connectivity index (χ3n) is 6.81. The molecule has 0 bridgehead atoms. The Balaban J connectivity index is 1.82. The van der Waals surface area contributed by atoms with E-state index in [0.29, 0.717) is 18.7 Å². The van der Waals surface area contributed by atoms with E-state index in [1.54, 1.807) is 14.0 Å².